The lowest BCUT2D eigenvalue weighted by Gasteiger charge is -2.04. The van der Waals surface area contributed by atoms with Crippen molar-refractivity contribution in [1.82, 2.24) is 0 Å². The van der Waals surface area contributed by atoms with E-state index in [0.29, 0.717) is 11.3 Å². The van der Waals surface area contributed by atoms with Crippen molar-refractivity contribution in [2.45, 2.75) is 0 Å². The molecule has 104 valence electrons. The molecule has 4 nitrogen and oxygen atoms in total. The molecule has 0 aliphatic carbocycles. The summed E-state index contributed by atoms with van der Waals surface area (Å²) in [5.41, 5.74) is 1.26. The normalized spacial score (nSPS) is 10.8. The molecule has 2 aromatic carbocycles. The molecule has 0 aromatic heterocycles. The van der Waals surface area contributed by atoms with Crippen LogP contribution in [0.1, 0.15) is 5.56 Å². The van der Waals surface area contributed by atoms with Gasteiger partial charge in [0.15, 0.2) is 0 Å². The third kappa shape index (κ3) is 4.20. The summed E-state index contributed by atoms with van der Waals surface area (Å²) >= 11 is 3.31. The topological polar surface area (TPSA) is 73.1 Å². The number of aromatic hydroxyl groups is 1. The molecule has 0 saturated carbocycles. The van der Waals surface area contributed by atoms with Crippen LogP contribution in [0.2, 0.25) is 0 Å². The van der Waals surface area contributed by atoms with Crippen LogP contribution < -0.4 is 5.32 Å². The zero-order chi connectivity index (χ0) is 15.2. The SMILES string of the molecule is N#CC(=Cc1ccc(O)cc1)C(=O)Nc1ccc(Br)cc1. The van der Waals surface area contributed by atoms with Crippen LogP contribution >= 0.6 is 15.9 Å². The summed E-state index contributed by atoms with van der Waals surface area (Å²) in [5.74, 6) is -0.349. The van der Waals surface area contributed by atoms with E-state index < -0.39 is 5.91 Å². The zero-order valence-corrected chi connectivity index (χ0v) is 12.5. The number of carbonyl (C=O) groups excluding carboxylic acids is 1. The fourth-order valence-electron chi connectivity index (χ4n) is 1.62. The first-order valence-corrected chi connectivity index (χ1v) is 6.85. The Kier molecular flexibility index (Phi) is 4.75. The van der Waals surface area contributed by atoms with Gasteiger partial charge in [0.1, 0.15) is 17.4 Å². The Morgan fingerprint density at radius 3 is 2.33 bits per heavy atom. The van der Waals surface area contributed by atoms with Gasteiger partial charge in [0.25, 0.3) is 5.91 Å². The number of anilines is 1. The maximum absolute atomic E-state index is 12.0. The second-order valence-electron chi connectivity index (χ2n) is 4.22. The lowest BCUT2D eigenvalue weighted by atomic mass is 10.1. The molecule has 2 N–H and O–H groups in total. The van der Waals surface area contributed by atoms with Gasteiger partial charge in [0.05, 0.1) is 0 Å². The van der Waals surface area contributed by atoms with Gasteiger partial charge in [0, 0.05) is 10.2 Å². The Labute approximate surface area is 130 Å². The third-order valence-electron chi connectivity index (χ3n) is 2.67. The van der Waals surface area contributed by atoms with Gasteiger partial charge in [-0.25, -0.2) is 0 Å². The highest BCUT2D eigenvalue weighted by molar-refractivity contribution is 9.10. The second-order valence-corrected chi connectivity index (χ2v) is 5.14. The van der Waals surface area contributed by atoms with Crippen LogP contribution in [0.5, 0.6) is 5.75 Å². The summed E-state index contributed by atoms with van der Waals surface area (Å²) in [6.07, 6.45) is 1.47. The third-order valence-corrected chi connectivity index (χ3v) is 3.20. The molecule has 2 aromatic rings. The molecule has 0 aliphatic heterocycles. The molecule has 0 aliphatic rings. The maximum Gasteiger partial charge on any atom is 0.266 e. The predicted octanol–water partition coefficient (Wildman–Crippen LogP) is 3.70. The lowest BCUT2D eigenvalue weighted by Crippen LogP contribution is -2.13. The number of hydrogen-bond acceptors (Lipinski definition) is 3. The number of nitrogens with zero attached hydrogens (tertiary/aromatic N) is 1. The molecule has 21 heavy (non-hydrogen) atoms. The predicted molar refractivity (Wildman–Crippen MR) is 84.5 cm³/mol. The second kappa shape index (κ2) is 6.73. The molecule has 0 spiro atoms. The summed E-state index contributed by atoms with van der Waals surface area (Å²) in [7, 11) is 0. The molecule has 0 radical (unpaired) electrons. The highest BCUT2D eigenvalue weighted by Crippen LogP contribution is 2.16. The van der Waals surface area contributed by atoms with Gasteiger partial charge < -0.3 is 10.4 Å². The number of phenols is 1. The Hall–Kier alpha value is -2.58. The molecule has 1 amide bonds. The number of hydrogen-bond donors (Lipinski definition) is 2. The van der Waals surface area contributed by atoms with Crippen molar-refractivity contribution in [2.75, 3.05) is 5.32 Å². The quantitative estimate of drug-likeness (QED) is 0.659. The van der Waals surface area contributed by atoms with Crippen LogP contribution in [-0.2, 0) is 4.79 Å². The molecule has 0 unspecified atom stereocenters. The Balaban J connectivity index is 2.17. The fourth-order valence-corrected chi connectivity index (χ4v) is 1.88. The van der Waals surface area contributed by atoms with E-state index in [-0.39, 0.29) is 11.3 Å². The van der Waals surface area contributed by atoms with Crippen molar-refractivity contribution in [3.05, 3.63) is 64.1 Å². The van der Waals surface area contributed by atoms with Crippen LogP contribution in [0.3, 0.4) is 0 Å². The van der Waals surface area contributed by atoms with Crippen molar-refractivity contribution in [3.8, 4) is 11.8 Å². The number of carbonyl (C=O) groups is 1. The van der Waals surface area contributed by atoms with E-state index >= 15 is 0 Å². The van der Waals surface area contributed by atoms with Crippen LogP contribution in [0.15, 0.2) is 58.6 Å². The molecule has 0 bridgehead atoms. The summed E-state index contributed by atoms with van der Waals surface area (Å²) in [5, 5.41) is 21.0. The minimum absolute atomic E-state index is 0.0105. The number of nitriles is 1. The highest BCUT2D eigenvalue weighted by Gasteiger charge is 2.09. The number of amides is 1. The Morgan fingerprint density at radius 2 is 1.76 bits per heavy atom. The van der Waals surface area contributed by atoms with Crippen LogP contribution in [0.4, 0.5) is 5.69 Å². The molecular weight excluding hydrogens is 332 g/mol. The number of halogens is 1. The van der Waals surface area contributed by atoms with Crippen molar-refractivity contribution in [2.24, 2.45) is 0 Å². The fraction of sp³-hybridized carbons (Fsp3) is 0. The number of benzene rings is 2. The Morgan fingerprint density at radius 1 is 1.14 bits per heavy atom. The molecule has 5 heteroatoms. The minimum atomic E-state index is -0.479. The van der Waals surface area contributed by atoms with E-state index in [1.165, 1.54) is 18.2 Å². The molecule has 0 heterocycles. The van der Waals surface area contributed by atoms with E-state index in [1.54, 1.807) is 36.4 Å². The van der Waals surface area contributed by atoms with Gasteiger partial charge in [-0.15, -0.1) is 0 Å². The maximum atomic E-state index is 12.0. The van der Waals surface area contributed by atoms with Gasteiger partial charge in [-0.05, 0) is 48.0 Å². The summed E-state index contributed by atoms with van der Waals surface area (Å²) < 4.78 is 0.903. The van der Waals surface area contributed by atoms with Gasteiger partial charge in [-0.2, -0.15) is 5.26 Å². The lowest BCUT2D eigenvalue weighted by molar-refractivity contribution is -0.112. The molecular formula is C16H11BrN2O2. The molecule has 0 atom stereocenters. The minimum Gasteiger partial charge on any atom is -0.508 e. The van der Waals surface area contributed by atoms with E-state index in [4.69, 9.17) is 5.26 Å². The van der Waals surface area contributed by atoms with E-state index in [9.17, 15) is 9.90 Å². The van der Waals surface area contributed by atoms with E-state index in [0.717, 1.165) is 4.47 Å². The average Bonchev–Trinajstić information content (AvgIpc) is 2.49. The van der Waals surface area contributed by atoms with Gasteiger partial charge >= 0.3 is 0 Å². The first-order chi connectivity index (χ1) is 10.1. The average molecular weight is 343 g/mol. The first-order valence-electron chi connectivity index (χ1n) is 6.06. The van der Waals surface area contributed by atoms with Gasteiger partial charge in [-0.3, -0.25) is 4.79 Å². The van der Waals surface area contributed by atoms with Crippen molar-refractivity contribution < 1.29 is 9.90 Å². The van der Waals surface area contributed by atoms with Crippen LogP contribution in [0.25, 0.3) is 6.08 Å². The van der Waals surface area contributed by atoms with Crippen molar-refractivity contribution in [3.63, 3.8) is 0 Å². The van der Waals surface area contributed by atoms with Crippen molar-refractivity contribution in [1.29, 1.82) is 5.26 Å². The Bertz CT molecular complexity index is 713. The number of rotatable bonds is 3. The molecule has 0 saturated heterocycles. The largest absolute Gasteiger partial charge is 0.508 e. The summed E-state index contributed by atoms with van der Waals surface area (Å²) in [6, 6.07) is 15.2. The van der Waals surface area contributed by atoms with Gasteiger partial charge in [0.2, 0.25) is 0 Å². The zero-order valence-electron chi connectivity index (χ0n) is 10.9. The highest BCUT2D eigenvalue weighted by atomic mass is 79.9. The molecule has 2 rings (SSSR count). The summed E-state index contributed by atoms with van der Waals surface area (Å²) in [4.78, 5) is 12.0. The number of nitrogens with one attached hydrogen (secondary N) is 1. The molecule has 0 fully saturated rings. The summed E-state index contributed by atoms with van der Waals surface area (Å²) in [6.45, 7) is 0. The van der Waals surface area contributed by atoms with Crippen LogP contribution in [-0.4, -0.2) is 11.0 Å². The van der Waals surface area contributed by atoms with E-state index in [1.807, 2.05) is 6.07 Å². The smallest absolute Gasteiger partial charge is 0.266 e. The monoisotopic (exact) mass is 342 g/mol. The van der Waals surface area contributed by atoms with Gasteiger partial charge in [-0.1, -0.05) is 28.1 Å². The number of phenolic OH excluding ortho intramolecular Hbond substituents is 1. The standard InChI is InChI=1S/C16H11BrN2O2/c17-13-3-5-14(6-4-13)19-16(21)12(10-18)9-11-1-7-15(20)8-2-11/h1-9,20H,(H,19,21). The first kappa shape index (κ1) is 14.8. The van der Waals surface area contributed by atoms with Crippen LogP contribution in [0, 0.1) is 11.3 Å². The van der Waals surface area contributed by atoms with E-state index in [2.05, 4.69) is 21.2 Å². The van der Waals surface area contributed by atoms with Crippen molar-refractivity contribution >= 4 is 33.6 Å².